The van der Waals surface area contributed by atoms with E-state index in [1.165, 1.54) is 22.5 Å². The summed E-state index contributed by atoms with van der Waals surface area (Å²) in [4.78, 5) is 39.9. The Morgan fingerprint density at radius 2 is 2.33 bits per heavy atom. The normalized spacial score (nSPS) is 23.8. The number of thioether (sulfide) groups is 1. The number of carbonyl (C=O) groups excluding carboxylic acids is 1. The number of nitrogens with one attached hydrogen (secondary N) is 1. The standard InChI is InChI=1S/C12H13N3O5S/c16-8(14-12(10(18)19)1-3-20-6-12)7-5-13-11-15(9(7)17)2-4-21-11/h5H,1-4,6H2,(H,14,16)(H,18,19). The first-order valence-corrected chi connectivity index (χ1v) is 7.38. The average Bonchev–Trinajstić information content (AvgIpc) is 3.08. The van der Waals surface area contributed by atoms with E-state index < -0.39 is 23.0 Å². The number of carboxylic acid groups (broad SMARTS) is 1. The molecule has 0 saturated carbocycles. The lowest BCUT2D eigenvalue weighted by molar-refractivity contribution is -0.144. The van der Waals surface area contributed by atoms with Gasteiger partial charge in [-0.2, -0.15) is 0 Å². The van der Waals surface area contributed by atoms with Crippen molar-refractivity contribution in [2.24, 2.45) is 0 Å². The quantitative estimate of drug-likeness (QED) is 0.712. The van der Waals surface area contributed by atoms with E-state index in [1.54, 1.807) is 0 Å². The zero-order chi connectivity index (χ0) is 15.0. The molecule has 1 amide bonds. The van der Waals surface area contributed by atoms with Crippen molar-refractivity contribution in [2.45, 2.75) is 23.7 Å². The van der Waals surface area contributed by atoms with E-state index in [0.717, 1.165) is 5.75 Å². The zero-order valence-electron chi connectivity index (χ0n) is 11.0. The molecule has 3 rings (SSSR count). The van der Waals surface area contributed by atoms with Gasteiger partial charge in [0.2, 0.25) is 0 Å². The molecule has 2 aliphatic rings. The van der Waals surface area contributed by atoms with Crippen molar-refractivity contribution in [1.82, 2.24) is 14.9 Å². The molecule has 0 radical (unpaired) electrons. The third-order valence-corrected chi connectivity index (χ3v) is 4.56. The van der Waals surface area contributed by atoms with Crippen molar-refractivity contribution in [3.8, 4) is 0 Å². The highest BCUT2D eigenvalue weighted by molar-refractivity contribution is 7.99. The third-order valence-electron chi connectivity index (χ3n) is 3.59. The van der Waals surface area contributed by atoms with Crippen LogP contribution in [-0.4, -0.2) is 51.0 Å². The highest BCUT2D eigenvalue weighted by atomic mass is 32.2. The molecule has 1 atom stereocenters. The van der Waals surface area contributed by atoms with Gasteiger partial charge in [0.25, 0.3) is 11.5 Å². The predicted octanol–water partition coefficient (Wildman–Crippen LogP) is -0.677. The molecular formula is C12H13N3O5S. The second-order valence-electron chi connectivity index (χ2n) is 4.90. The SMILES string of the molecule is O=C(NC1(C(=O)O)CCOC1)c1cnc2n(c1=O)CCS2. The van der Waals surface area contributed by atoms with Gasteiger partial charge in [-0.3, -0.25) is 14.2 Å². The Morgan fingerprint density at radius 1 is 1.52 bits per heavy atom. The molecule has 0 spiro atoms. The number of aliphatic carboxylic acids is 1. The minimum atomic E-state index is -1.47. The number of hydrogen-bond acceptors (Lipinski definition) is 6. The van der Waals surface area contributed by atoms with Gasteiger partial charge in [-0.05, 0) is 0 Å². The van der Waals surface area contributed by atoms with E-state index in [4.69, 9.17) is 4.74 Å². The molecule has 1 aromatic heterocycles. The van der Waals surface area contributed by atoms with E-state index in [-0.39, 0.29) is 25.2 Å². The predicted molar refractivity (Wildman–Crippen MR) is 72.5 cm³/mol. The van der Waals surface area contributed by atoms with Crippen molar-refractivity contribution >= 4 is 23.6 Å². The molecule has 8 nitrogen and oxygen atoms in total. The van der Waals surface area contributed by atoms with E-state index in [1.807, 2.05) is 0 Å². The maximum absolute atomic E-state index is 12.2. The molecular weight excluding hydrogens is 298 g/mol. The van der Waals surface area contributed by atoms with Crippen LogP contribution in [0.4, 0.5) is 0 Å². The Kier molecular flexibility index (Phi) is 3.46. The van der Waals surface area contributed by atoms with Crippen LogP contribution < -0.4 is 10.9 Å². The summed E-state index contributed by atoms with van der Waals surface area (Å²) in [6.07, 6.45) is 1.37. The first kappa shape index (κ1) is 14.1. The maximum atomic E-state index is 12.2. The molecule has 9 heteroatoms. The van der Waals surface area contributed by atoms with Gasteiger partial charge in [0.15, 0.2) is 10.7 Å². The van der Waals surface area contributed by atoms with Crippen LogP contribution in [0.15, 0.2) is 16.1 Å². The fraction of sp³-hybridized carbons (Fsp3) is 0.500. The van der Waals surface area contributed by atoms with Gasteiger partial charge in [-0.15, -0.1) is 0 Å². The molecule has 0 aliphatic carbocycles. The van der Waals surface area contributed by atoms with Crippen LogP contribution in [0.1, 0.15) is 16.8 Å². The second-order valence-corrected chi connectivity index (χ2v) is 5.97. The molecule has 0 aromatic carbocycles. The van der Waals surface area contributed by atoms with Gasteiger partial charge < -0.3 is 15.2 Å². The van der Waals surface area contributed by atoms with Crippen LogP contribution in [0.3, 0.4) is 0 Å². The number of rotatable bonds is 3. The molecule has 2 N–H and O–H groups in total. The molecule has 1 unspecified atom stereocenters. The zero-order valence-corrected chi connectivity index (χ0v) is 11.8. The Hall–Kier alpha value is -1.87. The lowest BCUT2D eigenvalue weighted by Gasteiger charge is -2.23. The van der Waals surface area contributed by atoms with Crippen LogP contribution in [0.25, 0.3) is 0 Å². The number of aromatic nitrogens is 2. The number of fused-ring (bicyclic) bond motifs is 1. The number of amides is 1. The molecule has 21 heavy (non-hydrogen) atoms. The van der Waals surface area contributed by atoms with Crippen LogP contribution in [0.5, 0.6) is 0 Å². The molecule has 1 fully saturated rings. The summed E-state index contributed by atoms with van der Waals surface area (Å²) >= 11 is 1.45. The van der Waals surface area contributed by atoms with Crippen molar-refractivity contribution < 1.29 is 19.4 Å². The minimum absolute atomic E-state index is 0.108. The summed E-state index contributed by atoms with van der Waals surface area (Å²) in [5.74, 6) is -1.16. The molecule has 1 saturated heterocycles. The lowest BCUT2D eigenvalue weighted by Crippen LogP contribution is -2.56. The van der Waals surface area contributed by atoms with Gasteiger partial charge >= 0.3 is 5.97 Å². The molecule has 2 aliphatic heterocycles. The molecule has 112 valence electrons. The van der Waals surface area contributed by atoms with Gasteiger partial charge in [0.05, 0.1) is 6.61 Å². The maximum Gasteiger partial charge on any atom is 0.331 e. The summed E-state index contributed by atoms with van der Waals surface area (Å²) in [6.45, 7) is 0.647. The lowest BCUT2D eigenvalue weighted by atomic mass is 9.98. The van der Waals surface area contributed by atoms with Gasteiger partial charge in [0, 0.05) is 31.5 Å². The van der Waals surface area contributed by atoms with Gasteiger partial charge in [-0.25, -0.2) is 9.78 Å². The minimum Gasteiger partial charge on any atom is -0.479 e. The Bertz CT molecular complexity index is 665. The van der Waals surface area contributed by atoms with Crippen molar-refractivity contribution in [3.63, 3.8) is 0 Å². The van der Waals surface area contributed by atoms with Crippen molar-refractivity contribution in [3.05, 3.63) is 22.1 Å². The van der Waals surface area contributed by atoms with E-state index in [9.17, 15) is 19.5 Å². The fourth-order valence-corrected chi connectivity index (χ4v) is 3.26. The topological polar surface area (TPSA) is 111 Å². The van der Waals surface area contributed by atoms with Crippen LogP contribution in [0, 0.1) is 0 Å². The number of nitrogens with zero attached hydrogens (tertiary/aromatic N) is 2. The summed E-state index contributed by atoms with van der Waals surface area (Å²) in [6, 6.07) is 0. The highest BCUT2D eigenvalue weighted by Gasteiger charge is 2.44. The van der Waals surface area contributed by atoms with E-state index >= 15 is 0 Å². The summed E-state index contributed by atoms with van der Waals surface area (Å²) in [7, 11) is 0. The highest BCUT2D eigenvalue weighted by Crippen LogP contribution is 2.22. The Balaban J connectivity index is 1.90. The summed E-state index contributed by atoms with van der Waals surface area (Å²) in [5, 5.41) is 12.3. The smallest absolute Gasteiger partial charge is 0.331 e. The Morgan fingerprint density at radius 3 is 3.00 bits per heavy atom. The van der Waals surface area contributed by atoms with E-state index in [0.29, 0.717) is 11.7 Å². The van der Waals surface area contributed by atoms with Crippen molar-refractivity contribution in [2.75, 3.05) is 19.0 Å². The van der Waals surface area contributed by atoms with E-state index in [2.05, 4.69) is 10.3 Å². The number of carbonyl (C=O) groups is 2. The average molecular weight is 311 g/mol. The first-order valence-electron chi connectivity index (χ1n) is 6.40. The number of hydrogen-bond donors (Lipinski definition) is 2. The number of carboxylic acids is 1. The van der Waals surface area contributed by atoms with Gasteiger partial charge in [-0.1, -0.05) is 11.8 Å². The van der Waals surface area contributed by atoms with Crippen LogP contribution in [-0.2, 0) is 16.1 Å². The summed E-state index contributed by atoms with van der Waals surface area (Å²) in [5.41, 5.74) is -2.06. The number of ether oxygens (including phenoxy) is 1. The van der Waals surface area contributed by atoms with Gasteiger partial charge in [0.1, 0.15) is 5.56 Å². The third kappa shape index (κ3) is 2.32. The molecule has 3 heterocycles. The molecule has 1 aromatic rings. The van der Waals surface area contributed by atoms with Crippen LogP contribution in [0.2, 0.25) is 0 Å². The Labute approximate surface area is 123 Å². The monoisotopic (exact) mass is 311 g/mol. The largest absolute Gasteiger partial charge is 0.479 e. The fourth-order valence-electron chi connectivity index (χ4n) is 2.34. The first-order chi connectivity index (χ1) is 10.0. The van der Waals surface area contributed by atoms with Crippen LogP contribution >= 0.6 is 11.8 Å². The molecule has 0 bridgehead atoms. The van der Waals surface area contributed by atoms with Crippen molar-refractivity contribution in [1.29, 1.82) is 0 Å². The second kappa shape index (κ2) is 5.15. The summed E-state index contributed by atoms with van der Waals surface area (Å²) < 4.78 is 6.49.